The van der Waals surface area contributed by atoms with Gasteiger partial charge in [0.25, 0.3) is 0 Å². The van der Waals surface area contributed by atoms with Crippen LogP contribution in [-0.4, -0.2) is 0 Å². The van der Waals surface area contributed by atoms with E-state index in [0.717, 1.165) is 11.8 Å². The highest BCUT2D eigenvalue weighted by atomic mass is 14.6. The summed E-state index contributed by atoms with van der Waals surface area (Å²) in [6, 6.07) is 19.9. The first-order chi connectivity index (χ1) is 9.92. The summed E-state index contributed by atoms with van der Waals surface area (Å²) in [6.45, 7) is 0. The summed E-state index contributed by atoms with van der Waals surface area (Å²) in [4.78, 5) is 0. The zero-order valence-electron chi connectivity index (χ0n) is 11.7. The molecular weight excluding hydrogens is 240 g/mol. The average Bonchev–Trinajstić information content (AvgIpc) is 2.67. The average molecular weight is 258 g/mol. The summed E-state index contributed by atoms with van der Waals surface area (Å²) in [5.41, 5.74) is 6.38. The molecule has 1 spiro atoms. The van der Waals surface area contributed by atoms with Gasteiger partial charge in [-0.2, -0.15) is 0 Å². The third kappa shape index (κ3) is 1.11. The molecule has 3 aliphatic carbocycles. The van der Waals surface area contributed by atoms with Gasteiger partial charge in [-0.25, -0.2) is 0 Å². The first-order valence-electron chi connectivity index (χ1n) is 7.94. The normalized spacial score (nSPS) is 28.4. The van der Waals surface area contributed by atoms with Crippen LogP contribution in [0.25, 0.3) is 11.1 Å². The van der Waals surface area contributed by atoms with Gasteiger partial charge in [0, 0.05) is 5.41 Å². The molecular formula is C20H18. The van der Waals surface area contributed by atoms with Crippen LogP contribution in [0.15, 0.2) is 36.4 Å². The third-order valence-corrected chi connectivity index (χ3v) is 6.12. The van der Waals surface area contributed by atoms with Crippen molar-refractivity contribution in [2.24, 2.45) is 11.8 Å². The predicted octanol–water partition coefficient (Wildman–Crippen LogP) is 4.76. The maximum absolute atomic E-state index is 3.35. The van der Waals surface area contributed by atoms with Gasteiger partial charge in [-0.3, -0.25) is 0 Å². The lowest BCUT2D eigenvalue weighted by atomic mass is 9.48. The molecule has 20 heavy (non-hydrogen) atoms. The fourth-order valence-corrected chi connectivity index (χ4v) is 5.40. The SMILES string of the molecule is [c]1ccc2c(c1)C1(c3c[c]ccc3-2)C2CCCCC1C2. The van der Waals surface area contributed by atoms with Gasteiger partial charge in [-0.15, -0.1) is 0 Å². The molecule has 0 amide bonds. The van der Waals surface area contributed by atoms with Crippen molar-refractivity contribution < 1.29 is 0 Å². The molecule has 5 rings (SSSR count). The lowest BCUT2D eigenvalue weighted by Gasteiger charge is -2.55. The van der Waals surface area contributed by atoms with Crippen LogP contribution in [0, 0.1) is 24.0 Å². The van der Waals surface area contributed by atoms with E-state index in [-0.39, 0.29) is 0 Å². The maximum atomic E-state index is 3.35. The highest BCUT2D eigenvalue weighted by Crippen LogP contribution is 2.67. The first kappa shape index (κ1) is 11.1. The quantitative estimate of drug-likeness (QED) is 0.639. The van der Waals surface area contributed by atoms with Gasteiger partial charge in [0.05, 0.1) is 0 Å². The Balaban J connectivity index is 1.85. The zero-order chi connectivity index (χ0) is 13.2. The summed E-state index contributed by atoms with van der Waals surface area (Å²) in [6.07, 6.45) is 7.07. The second kappa shape index (κ2) is 3.75. The van der Waals surface area contributed by atoms with Crippen LogP contribution in [0.1, 0.15) is 43.2 Å². The lowest BCUT2D eigenvalue weighted by molar-refractivity contribution is 0.0698. The third-order valence-electron chi connectivity index (χ3n) is 6.12. The molecule has 0 saturated heterocycles. The van der Waals surface area contributed by atoms with Crippen LogP contribution in [0.2, 0.25) is 0 Å². The number of hydrogen-bond acceptors (Lipinski definition) is 0. The van der Waals surface area contributed by atoms with Crippen LogP contribution in [0.4, 0.5) is 0 Å². The van der Waals surface area contributed by atoms with E-state index in [4.69, 9.17) is 0 Å². The molecule has 2 aromatic carbocycles. The molecule has 0 heterocycles. The Morgan fingerprint density at radius 2 is 1.40 bits per heavy atom. The fraction of sp³-hybridized carbons (Fsp3) is 0.400. The number of fused-ring (bicyclic) bond motifs is 3. The van der Waals surface area contributed by atoms with Crippen molar-refractivity contribution in [3.05, 3.63) is 59.7 Å². The molecule has 98 valence electrons. The Bertz CT molecular complexity index is 618. The molecule has 0 heteroatoms. The van der Waals surface area contributed by atoms with Crippen molar-refractivity contribution >= 4 is 0 Å². The molecule has 0 nitrogen and oxygen atoms in total. The molecule has 0 aliphatic heterocycles. The lowest BCUT2D eigenvalue weighted by Crippen LogP contribution is -2.51. The van der Waals surface area contributed by atoms with Crippen LogP contribution >= 0.6 is 0 Å². The van der Waals surface area contributed by atoms with E-state index in [1.54, 1.807) is 11.1 Å². The van der Waals surface area contributed by atoms with E-state index in [9.17, 15) is 0 Å². The molecule has 2 bridgehead atoms. The smallest absolute Gasteiger partial charge is 0.0272 e. The van der Waals surface area contributed by atoms with Crippen molar-refractivity contribution in [3.8, 4) is 11.1 Å². The second-order valence-corrected chi connectivity index (χ2v) is 6.73. The second-order valence-electron chi connectivity index (χ2n) is 6.73. The Hall–Kier alpha value is -1.56. The van der Waals surface area contributed by atoms with Gasteiger partial charge in [-0.05, 0) is 77.6 Å². The number of rotatable bonds is 0. The van der Waals surface area contributed by atoms with E-state index in [2.05, 4.69) is 48.5 Å². The molecule has 0 aromatic heterocycles. The molecule has 2 fully saturated rings. The van der Waals surface area contributed by atoms with Crippen LogP contribution < -0.4 is 0 Å². The molecule has 2 aromatic rings. The van der Waals surface area contributed by atoms with E-state index in [0.29, 0.717) is 5.41 Å². The molecule has 2 radical (unpaired) electrons. The first-order valence-corrected chi connectivity index (χ1v) is 7.94. The van der Waals surface area contributed by atoms with Gasteiger partial charge >= 0.3 is 0 Å². The van der Waals surface area contributed by atoms with Crippen LogP contribution in [0.5, 0.6) is 0 Å². The van der Waals surface area contributed by atoms with Crippen molar-refractivity contribution in [2.45, 2.75) is 37.5 Å². The molecule has 0 N–H and O–H groups in total. The number of benzene rings is 2. The Labute approximate surface area is 120 Å². The van der Waals surface area contributed by atoms with Crippen molar-refractivity contribution in [1.82, 2.24) is 0 Å². The minimum absolute atomic E-state index is 0.316. The van der Waals surface area contributed by atoms with Gasteiger partial charge in [-0.1, -0.05) is 37.1 Å². The van der Waals surface area contributed by atoms with Crippen molar-refractivity contribution in [3.63, 3.8) is 0 Å². The standard InChI is InChI=1S/C20H18/c1-2-8-15-13-14(7-1)20(15)18-11-5-3-9-16(18)17-10-4-6-12-19(17)20/h3-4,9-12,14-15H,1-2,7-8,13H2. The molecule has 2 unspecified atom stereocenters. The zero-order valence-corrected chi connectivity index (χ0v) is 11.7. The summed E-state index contributed by atoms with van der Waals surface area (Å²) in [7, 11) is 0. The van der Waals surface area contributed by atoms with Crippen LogP contribution in [-0.2, 0) is 5.41 Å². The van der Waals surface area contributed by atoms with Gasteiger partial charge in [0.15, 0.2) is 0 Å². The van der Waals surface area contributed by atoms with Gasteiger partial charge < -0.3 is 0 Å². The fourth-order valence-electron chi connectivity index (χ4n) is 5.40. The van der Waals surface area contributed by atoms with Crippen LogP contribution in [0.3, 0.4) is 0 Å². The largest absolute Gasteiger partial charge is 0.0537 e. The van der Waals surface area contributed by atoms with Gasteiger partial charge in [0.1, 0.15) is 0 Å². The highest BCUT2D eigenvalue weighted by Gasteiger charge is 2.60. The Morgan fingerprint density at radius 1 is 0.850 bits per heavy atom. The van der Waals surface area contributed by atoms with Crippen molar-refractivity contribution in [1.29, 1.82) is 0 Å². The highest BCUT2D eigenvalue weighted by molar-refractivity contribution is 5.82. The van der Waals surface area contributed by atoms with Crippen molar-refractivity contribution in [2.75, 3.05) is 0 Å². The maximum Gasteiger partial charge on any atom is 0.0272 e. The topological polar surface area (TPSA) is 0 Å². The summed E-state index contributed by atoms with van der Waals surface area (Å²) in [5.74, 6) is 1.70. The van der Waals surface area contributed by atoms with E-state index in [1.807, 2.05) is 0 Å². The Kier molecular flexibility index (Phi) is 2.09. The summed E-state index contributed by atoms with van der Waals surface area (Å²) < 4.78 is 0. The molecule has 3 aliphatic rings. The minimum Gasteiger partial charge on any atom is -0.0537 e. The predicted molar refractivity (Wildman–Crippen MR) is 80.4 cm³/mol. The van der Waals surface area contributed by atoms with E-state index in [1.165, 1.54) is 43.2 Å². The van der Waals surface area contributed by atoms with E-state index >= 15 is 0 Å². The monoisotopic (exact) mass is 258 g/mol. The summed E-state index contributed by atoms with van der Waals surface area (Å²) >= 11 is 0. The molecule has 2 saturated carbocycles. The minimum atomic E-state index is 0.316. The number of hydrogen-bond donors (Lipinski definition) is 0. The molecule has 2 atom stereocenters. The van der Waals surface area contributed by atoms with Gasteiger partial charge in [0.2, 0.25) is 0 Å². The van der Waals surface area contributed by atoms with E-state index < -0.39 is 0 Å². The Morgan fingerprint density at radius 3 is 1.95 bits per heavy atom. The summed E-state index contributed by atoms with van der Waals surface area (Å²) in [5, 5.41) is 0.